The molecule has 0 bridgehead atoms. The van der Waals surface area contributed by atoms with Gasteiger partial charge in [0.2, 0.25) is 0 Å². The summed E-state index contributed by atoms with van der Waals surface area (Å²) in [6.07, 6.45) is 7.19. The molecule has 0 atom stereocenters. The summed E-state index contributed by atoms with van der Waals surface area (Å²) in [4.78, 5) is 9.13. The Morgan fingerprint density at radius 3 is 2.42 bits per heavy atom. The van der Waals surface area contributed by atoms with Gasteiger partial charge in [-0.2, -0.15) is 0 Å². The molecule has 0 unspecified atom stereocenters. The molecular weight excluding hydrogens is 559 g/mol. The fraction of sp³-hybridized carbons (Fsp3) is 0. The number of fused-ring (bicyclic) bond motifs is 1. The first-order chi connectivity index (χ1) is 14.9. The molecule has 0 aliphatic heterocycles. The molecule has 2 heterocycles. The Morgan fingerprint density at radius 1 is 0.742 bits per heavy atom. The van der Waals surface area contributed by atoms with E-state index in [1.807, 2.05) is 60.7 Å². The monoisotopic (exact) mass is 577 g/mol. The molecular formula is C28H18N2Pt. The fourth-order valence-electron chi connectivity index (χ4n) is 3.57. The van der Waals surface area contributed by atoms with Crippen LogP contribution in [0.2, 0.25) is 0 Å². The van der Waals surface area contributed by atoms with Crippen LogP contribution in [0.25, 0.3) is 39.4 Å². The van der Waals surface area contributed by atoms with E-state index >= 15 is 0 Å². The molecule has 0 radical (unpaired) electrons. The number of hydrogen-bond donors (Lipinski definition) is 0. The molecule has 0 aliphatic carbocycles. The first-order valence-corrected chi connectivity index (χ1v) is 9.85. The van der Waals surface area contributed by atoms with E-state index in [9.17, 15) is 0 Å². The van der Waals surface area contributed by atoms with Gasteiger partial charge in [-0.05, 0) is 29.3 Å². The van der Waals surface area contributed by atoms with Gasteiger partial charge in [-0.1, -0.05) is 53.9 Å². The number of hydrogen-bond acceptors (Lipinski definition) is 2. The van der Waals surface area contributed by atoms with Crippen molar-refractivity contribution < 1.29 is 21.1 Å². The maximum absolute atomic E-state index is 4.73. The summed E-state index contributed by atoms with van der Waals surface area (Å²) in [7, 11) is 0. The summed E-state index contributed by atoms with van der Waals surface area (Å²) in [5.74, 6) is 0. The molecule has 2 aromatic heterocycles. The van der Waals surface area contributed by atoms with Crippen LogP contribution in [0.1, 0.15) is 11.3 Å². The first kappa shape index (κ1) is 20.9. The molecule has 3 aromatic carbocycles. The van der Waals surface area contributed by atoms with Crippen molar-refractivity contribution in [2.24, 2.45) is 0 Å². The average Bonchev–Trinajstić information content (AvgIpc) is 2.83. The van der Waals surface area contributed by atoms with Crippen LogP contribution in [0.5, 0.6) is 0 Å². The number of aromatic nitrogens is 2. The fourth-order valence-corrected chi connectivity index (χ4v) is 3.57. The minimum atomic E-state index is 0. The molecule has 150 valence electrons. The van der Waals surface area contributed by atoms with Crippen LogP contribution in [-0.2, 0) is 21.1 Å². The van der Waals surface area contributed by atoms with Crippen molar-refractivity contribution in [1.82, 2.24) is 9.97 Å². The van der Waals surface area contributed by atoms with Crippen molar-refractivity contribution in [3.05, 3.63) is 127 Å². The Labute approximate surface area is 196 Å². The van der Waals surface area contributed by atoms with Crippen molar-refractivity contribution in [1.29, 1.82) is 0 Å². The zero-order chi connectivity index (χ0) is 20.2. The molecule has 0 N–H and O–H groups in total. The normalized spacial score (nSPS) is 10.8. The topological polar surface area (TPSA) is 25.8 Å². The minimum absolute atomic E-state index is 0. The first-order valence-electron chi connectivity index (χ1n) is 9.85. The number of benzene rings is 3. The van der Waals surface area contributed by atoms with E-state index in [2.05, 4.69) is 59.6 Å². The second-order valence-electron chi connectivity index (χ2n) is 6.94. The standard InChI is InChI=1S/C28H18N2.Pt/c1-2-10-22(11-3-1)28-23(17-16-21-9-4-5-13-25(21)28)18-19-24-12-8-15-27(30-24)26-14-6-7-20-29-26;/h1-10,12-17,19-20H;/q-2;+2. The van der Waals surface area contributed by atoms with Crippen LogP contribution in [0.15, 0.2) is 103 Å². The molecule has 5 rings (SSSR count). The second kappa shape index (κ2) is 9.64. The van der Waals surface area contributed by atoms with Crippen LogP contribution in [0.4, 0.5) is 0 Å². The SMILES string of the molecule is [C-](=Cc1cccc(-c2ccccn2)n1)c1ccc2ccccc2c1-c1[c-]cccc1.[Pt+2]. The van der Waals surface area contributed by atoms with Crippen molar-refractivity contribution >= 4 is 16.8 Å². The summed E-state index contributed by atoms with van der Waals surface area (Å²) in [5.41, 5.74) is 5.75. The van der Waals surface area contributed by atoms with E-state index in [1.54, 1.807) is 6.20 Å². The Morgan fingerprint density at radius 2 is 1.58 bits per heavy atom. The number of nitrogens with zero attached hydrogens (tertiary/aromatic N) is 2. The van der Waals surface area contributed by atoms with Gasteiger partial charge in [-0.25, -0.2) is 0 Å². The third-order valence-electron chi connectivity index (χ3n) is 4.98. The summed E-state index contributed by atoms with van der Waals surface area (Å²) in [5, 5.41) is 2.39. The number of rotatable bonds is 4. The molecule has 0 saturated carbocycles. The molecule has 31 heavy (non-hydrogen) atoms. The van der Waals surface area contributed by atoms with Gasteiger partial charge in [0.15, 0.2) is 0 Å². The molecule has 0 spiro atoms. The zero-order valence-corrected chi connectivity index (χ0v) is 18.9. The molecule has 0 fully saturated rings. The Kier molecular flexibility index (Phi) is 6.50. The molecule has 0 aliphatic rings. The Bertz CT molecular complexity index is 1330. The minimum Gasteiger partial charge on any atom is -0.294 e. The van der Waals surface area contributed by atoms with E-state index in [0.717, 1.165) is 33.8 Å². The Hall–Kier alpha value is -3.35. The van der Waals surface area contributed by atoms with E-state index in [-0.39, 0.29) is 21.1 Å². The predicted octanol–water partition coefficient (Wildman–Crippen LogP) is 6.63. The van der Waals surface area contributed by atoms with Crippen molar-refractivity contribution in [2.45, 2.75) is 0 Å². The average molecular weight is 578 g/mol. The van der Waals surface area contributed by atoms with Gasteiger partial charge in [-0.3, -0.25) is 9.97 Å². The molecule has 0 saturated heterocycles. The summed E-state index contributed by atoms with van der Waals surface area (Å²) in [6, 6.07) is 35.9. The van der Waals surface area contributed by atoms with Crippen LogP contribution in [0.3, 0.4) is 0 Å². The summed E-state index contributed by atoms with van der Waals surface area (Å²) >= 11 is 0. The number of pyridine rings is 2. The quantitative estimate of drug-likeness (QED) is 0.224. The van der Waals surface area contributed by atoms with E-state index in [1.165, 1.54) is 10.8 Å². The van der Waals surface area contributed by atoms with E-state index in [4.69, 9.17) is 4.98 Å². The second-order valence-corrected chi connectivity index (χ2v) is 6.94. The summed E-state index contributed by atoms with van der Waals surface area (Å²) < 4.78 is 0. The predicted molar refractivity (Wildman–Crippen MR) is 122 cm³/mol. The van der Waals surface area contributed by atoms with Gasteiger partial charge in [0.1, 0.15) is 0 Å². The third-order valence-corrected chi connectivity index (χ3v) is 4.98. The summed E-state index contributed by atoms with van der Waals surface area (Å²) in [6.45, 7) is 0. The van der Waals surface area contributed by atoms with Crippen LogP contribution in [-0.4, -0.2) is 9.97 Å². The van der Waals surface area contributed by atoms with Crippen LogP contribution >= 0.6 is 0 Å². The van der Waals surface area contributed by atoms with Gasteiger partial charge in [0, 0.05) is 6.20 Å². The van der Waals surface area contributed by atoms with Gasteiger partial charge in [0.05, 0.1) is 11.4 Å². The molecule has 3 heteroatoms. The van der Waals surface area contributed by atoms with Gasteiger partial charge in [-0.15, -0.1) is 65.2 Å². The van der Waals surface area contributed by atoms with Crippen LogP contribution in [0, 0.1) is 12.1 Å². The third kappa shape index (κ3) is 4.55. The van der Waals surface area contributed by atoms with Crippen molar-refractivity contribution in [3.8, 4) is 22.5 Å². The smallest absolute Gasteiger partial charge is 0.294 e. The molecule has 0 amide bonds. The van der Waals surface area contributed by atoms with E-state index < -0.39 is 0 Å². The van der Waals surface area contributed by atoms with Crippen molar-refractivity contribution in [3.63, 3.8) is 0 Å². The molecule has 5 aromatic rings. The zero-order valence-electron chi connectivity index (χ0n) is 16.6. The van der Waals surface area contributed by atoms with Crippen molar-refractivity contribution in [2.75, 3.05) is 0 Å². The maximum atomic E-state index is 4.73. The Balaban J connectivity index is 0.00000231. The largest absolute Gasteiger partial charge is 2.00 e. The van der Waals surface area contributed by atoms with Gasteiger partial charge < -0.3 is 0 Å². The van der Waals surface area contributed by atoms with E-state index in [0.29, 0.717) is 0 Å². The van der Waals surface area contributed by atoms with Gasteiger partial charge >= 0.3 is 21.1 Å². The van der Waals surface area contributed by atoms with Crippen LogP contribution < -0.4 is 0 Å². The molecule has 2 nitrogen and oxygen atoms in total. The van der Waals surface area contributed by atoms with Gasteiger partial charge in [0.25, 0.3) is 0 Å². The maximum Gasteiger partial charge on any atom is 2.00 e.